The molecule has 0 aromatic heterocycles. The number of carboxylic acids is 1. The first-order valence-electron chi connectivity index (χ1n) is 8.74. The Hall–Kier alpha value is -2.85. The highest BCUT2D eigenvalue weighted by Crippen LogP contribution is 2.46. The van der Waals surface area contributed by atoms with E-state index in [1.165, 1.54) is 25.8 Å². The predicted octanol–water partition coefficient (Wildman–Crippen LogP) is 0.505. The van der Waals surface area contributed by atoms with Gasteiger partial charge >= 0.3 is 11.9 Å². The lowest BCUT2D eigenvalue weighted by Gasteiger charge is -2.55. The highest BCUT2D eigenvalue weighted by Gasteiger charge is 2.66. The second-order valence-corrected chi connectivity index (χ2v) is 7.59. The van der Waals surface area contributed by atoms with Crippen molar-refractivity contribution in [2.24, 2.45) is 0 Å². The van der Waals surface area contributed by atoms with Crippen molar-refractivity contribution >= 4 is 35.5 Å². The second kappa shape index (κ2) is 8.26. The van der Waals surface area contributed by atoms with E-state index in [9.17, 15) is 24.3 Å². The van der Waals surface area contributed by atoms with Crippen LogP contribution < -0.4 is 5.32 Å². The molecule has 1 aromatic rings. The first-order valence-corrected chi connectivity index (χ1v) is 9.79. The summed E-state index contributed by atoms with van der Waals surface area (Å²) in [6.07, 6.45) is 0.0515. The third-order valence-corrected chi connectivity index (χ3v) is 5.99. The molecule has 0 bridgehead atoms. The van der Waals surface area contributed by atoms with Gasteiger partial charge in [-0.3, -0.25) is 19.3 Å². The molecule has 1 fully saturated rings. The first-order chi connectivity index (χ1) is 13.8. The summed E-state index contributed by atoms with van der Waals surface area (Å²) in [5.74, 6) is -2.76. The lowest BCUT2D eigenvalue weighted by molar-refractivity contribution is -0.192. The number of carboxylic acid groups (broad SMARTS) is 1. The third-order valence-electron chi connectivity index (χ3n) is 4.62. The van der Waals surface area contributed by atoms with E-state index in [4.69, 9.17) is 9.47 Å². The van der Waals surface area contributed by atoms with Crippen LogP contribution in [0.15, 0.2) is 41.6 Å². The van der Waals surface area contributed by atoms with Crippen LogP contribution >= 0.6 is 11.8 Å². The van der Waals surface area contributed by atoms with Crippen molar-refractivity contribution in [3.8, 4) is 0 Å². The van der Waals surface area contributed by atoms with Gasteiger partial charge in [-0.15, -0.1) is 11.8 Å². The molecule has 29 heavy (non-hydrogen) atoms. The van der Waals surface area contributed by atoms with Crippen molar-refractivity contribution in [1.29, 1.82) is 0 Å². The zero-order valence-corrected chi connectivity index (χ0v) is 16.7. The molecule has 1 saturated heterocycles. The lowest BCUT2D eigenvalue weighted by Crippen LogP contribution is -2.80. The number of benzene rings is 1. The molecule has 2 aliphatic heterocycles. The van der Waals surface area contributed by atoms with Gasteiger partial charge in [0.2, 0.25) is 5.91 Å². The van der Waals surface area contributed by atoms with Gasteiger partial charge in [-0.1, -0.05) is 30.3 Å². The highest BCUT2D eigenvalue weighted by molar-refractivity contribution is 8.00. The Morgan fingerprint density at radius 3 is 2.59 bits per heavy atom. The van der Waals surface area contributed by atoms with E-state index in [1.54, 1.807) is 24.3 Å². The summed E-state index contributed by atoms with van der Waals surface area (Å²) < 4.78 is 10.3. The molecule has 154 valence electrons. The predicted molar refractivity (Wildman–Crippen MR) is 102 cm³/mol. The van der Waals surface area contributed by atoms with Crippen molar-refractivity contribution in [1.82, 2.24) is 10.2 Å². The van der Waals surface area contributed by atoms with Gasteiger partial charge in [0.05, 0.1) is 6.42 Å². The largest absolute Gasteiger partial charge is 0.477 e. The van der Waals surface area contributed by atoms with Gasteiger partial charge in [0.15, 0.2) is 0 Å². The number of carbonyl (C=O) groups is 4. The fourth-order valence-electron chi connectivity index (χ4n) is 3.28. The van der Waals surface area contributed by atoms with Crippen LogP contribution in [0.5, 0.6) is 0 Å². The minimum absolute atomic E-state index is 0.0515. The fourth-order valence-corrected chi connectivity index (χ4v) is 4.70. The normalized spacial score (nSPS) is 23.2. The molecule has 2 heterocycles. The van der Waals surface area contributed by atoms with Crippen LogP contribution in [0.2, 0.25) is 0 Å². The summed E-state index contributed by atoms with van der Waals surface area (Å²) in [4.78, 5) is 49.3. The number of β-lactam (4-membered cyclic amide) rings is 1. The number of carbonyl (C=O) groups excluding carboxylic acids is 3. The van der Waals surface area contributed by atoms with Crippen molar-refractivity contribution in [3.63, 3.8) is 0 Å². The summed E-state index contributed by atoms with van der Waals surface area (Å²) in [5, 5.41) is 11.5. The zero-order chi connectivity index (χ0) is 21.2. The van der Waals surface area contributed by atoms with Gasteiger partial charge in [0, 0.05) is 25.4 Å². The Bertz CT molecular complexity index is 886. The number of esters is 1. The van der Waals surface area contributed by atoms with Crippen molar-refractivity contribution < 1.29 is 33.8 Å². The maximum absolute atomic E-state index is 12.9. The van der Waals surface area contributed by atoms with E-state index >= 15 is 0 Å². The molecule has 3 rings (SSSR count). The van der Waals surface area contributed by atoms with E-state index < -0.39 is 34.9 Å². The molecule has 0 radical (unpaired) electrons. The maximum Gasteiger partial charge on any atom is 0.352 e. The van der Waals surface area contributed by atoms with Gasteiger partial charge in [0.25, 0.3) is 11.6 Å². The molecule has 9 nitrogen and oxygen atoms in total. The van der Waals surface area contributed by atoms with Gasteiger partial charge in [-0.25, -0.2) is 4.79 Å². The second-order valence-electron chi connectivity index (χ2n) is 6.53. The minimum Gasteiger partial charge on any atom is -0.477 e. The quantitative estimate of drug-likeness (QED) is 0.372. The Labute approximate surface area is 171 Å². The smallest absolute Gasteiger partial charge is 0.352 e. The average molecular weight is 420 g/mol. The van der Waals surface area contributed by atoms with Crippen LogP contribution in [0.3, 0.4) is 0 Å². The maximum atomic E-state index is 12.9. The zero-order valence-electron chi connectivity index (χ0n) is 15.8. The van der Waals surface area contributed by atoms with E-state index in [-0.39, 0.29) is 24.5 Å². The number of amides is 2. The number of nitrogens with zero attached hydrogens (tertiary/aromatic N) is 1. The molecule has 0 aliphatic carbocycles. The van der Waals surface area contributed by atoms with Crippen molar-refractivity contribution in [2.45, 2.75) is 24.4 Å². The molecule has 2 aliphatic rings. The van der Waals surface area contributed by atoms with Crippen LogP contribution in [0.1, 0.15) is 12.5 Å². The number of hydrogen-bond acceptors (Lipinski definition) is 7. The summed E-state index contributed by atoms with van der Waals surface area (Å²) in [6, 6.07) is 9.01. The number of methoxy groups -OCH3 is 1. The lowest BCUT2D eigenvalue weighted by atomic mass is 9.97. The summed E-state index contributed by atoms with van der Waals surface area (Å²) >= 11 is 1.23. The molecular formula is C19H20N2O7S. The molecule has 0 saturated carbocycles. The molecule has 10 heteroatoms. The average Bonchev–Trinajstić information content (AvgIpc) is 2.69. The molecule has 2 amide bonds. The van der Waals surface area contributed by atoms with Gasteiger partial charge in [-0.05, 0) is 5.56 Å². The highest BCUT2D eigenvalue weighted by atomic mass is 32.2. The number of ether oxygens (including phenoxy) is 2. The van der Waals surface area contributed by atoms with Crippen LogP contribution in [-0.2, 0) is 35.1 Å². The Kier molecular flexibility index (Phi) is 5.94. The summed E-state index contributed by atoms with van der Waals surface area (Å²) in [6.45, 7) is 0.994. The molecule has 0 spiro atoms. The molecule has 1 unspecified atom stereocenters. The molecule has 1 aromatic carbocycles. The van der Waals surface area contributed by atoms with E-state index in [0.717, 1.165) is 10.5 Å². The van der Waals surface area contributed by atoms with Crippen LogP contribution in [0, 0.1) is 0 Å². The molecule has 2 atom stereocenters. The van der Waals surface area contributed by atoms with Gasteiger partial charge < -0.3 is 19.9 Å². The minimum atomic E-state index is -1.65. The van der Waals surface area contributed by atoms with Crippen molar-refractivity contribution in [3.05, 3.63) is 47.2 Å². The van der Waals surface area contributed by atoms with Gasteiger partial charge in [-0.2, -0.15) is 0 Å². The number of fused-ring (bicyclic) bond motifs is 1. The molecular weight excluding hydrogens is 400 g/mol. The summed E-state index contributed by atoms with van der Waals surface area (Å²) in [7, 11) is 1.29. The number of rotatable bonds is 7. The van der Waals surface area contributed by atoms with Crippen LogP contribution in [0.4, 0.5) is 0 Å². The third kappa shape index (κ3) is 3.85. The van der Waals surface area contributed by atoms with E-state index in [0.29, 0.717) is 5.57 Å². The first kappa shape index (κ1) is 20.9. The number of nitrogens with one attached hydrogen (secondary N) is 1. The number of aliphatic carboxylic acids is 1. The summed E-state index contributed by atoms with van der Waals surface area (Å²) in [5.41, 5.74) is -0.817. The number of thioether (sulfide) groups is 1. The molecule has 2 N–H and O–H groups in total. The number of hydrogen-bond donors (Lipinski definition) is 2. The van der Waals surface area contributed by atoms with Crippen LogP contribution in [0.25, 0.3) is 0 Å². The fraction of sp³-hybridized carbons (Fsp3) is 0.368. The monoisotopic (exact) mass is 420 g/mol. The topological polar surface area (TPSA) is 122 Å². The van der Waals surface area contributed by atoms with E-state index in [1.807, 2.05) is 6.07 Å². The Balaban J connectivity index is 1.80. The Morgan fingerprint density at radius 2 is 2.00 bits per heavy atom. The van der Waals surface area contributed by atoms with Crippen molar-refractivity contribution in [2.75, 3.05) is 19.5 Å². The Morgan fingerprint density at radius 1 is 1.31 bits per heavy atom. The van der Waals surface area contributed by atoms with E-state index in [2.05, 4.69) is 5.32 Å². The van der Waals surface area contributed by atoms with Crippen LogP contribution in [-0.4, -0.2) is 64.3 Å². The SMILES string of the molecule is CO[C@@]1(NC(=O)Cc2ccccc2)C(=O)N2C(C(=O)O)=C(COC(C)=O)CSC21. The standard InChI is InChI=1S/C19H20N2O7S/c1-11(22)28-9-13-10-29-18-19(27-2,17(26)21(18)15(13)16(24)25)20-14(23)8-12-6-4-3-5-7-12/h3-7,18H,8-10H2,1-2H3,(H,20,23)(H,24,25)/t18?,19-/m0/s1. The van der Waals surface area contributed by atoms with Gasteiger partial charge in [0.1, 0.15) is 17.7 Å².